The molecule has 0 spiro atoms. The molecule has 2 heterocycles. The van der Waals surface area contributed by atoms with Crippen LogP contribution in [0.4, 0.5) is 23.0 Å². The van der Waals surface area contributed by atoms with Gasteiger partial charge in [-0.3, -0.25) is 4.79 Å². The summed E-state index contributed by atoms with van der Waals surface area (Å²) in [4.78, 5) is 23.7. The van der Waals surface area contributed by atoms with Gasteiger partial charge >= 0.3 is 10.1 Å². The van der Waals surface area contributed by atoms with Crippen LogP contribution in [0.3, 0.4) is 0 Å². The van der Waals surface area contributed by atoms with Gasteiger partial charge in [-0.2, -0.15) is 8.42 Å². The molecule has 0 aliphatic rings. The van der Waals surface area contributed by atoms with Gasteiger partial charge in [-0.05, 0) is 38.7 Å². The predicted octanol–water partition coefficient (Wildman–Crippen LogP) is 3.81. The second-order valence-electron chi connectivity index (χ2n) is 9.13. The summed E-state index contributed by atoms with van der Waals surface area (Å²) in [5.74, 6) is -1.57. The van der Waals surface area contributed by atoms with Crippen molar-refractivity contribution in [1.82, 2.24) is 19.4 Å². The van der Waals surface area contributed by atoms with E-state index >= 15 is 0 Å². The van der Waals surface area contributed by atoms with Crippen LogP contribution in [-0.4, -0.2) is 81.2 Å². The van der Waals surface area contributed by atoms with E-state index in [-0.39, 0.29) is 35.3 Å². The molecule has 0 aliphatic carbocycles. The average Bonchev–Trinajstić information content (AvgIpc) is 3.40. The molecule has 0 bridgehead atoms. The molecule has 0 fully saturated rings. The number of carbonyl (C=O) groups is 1. The van der Waals surface area contributed by atoms with Crippen LogP contribution in [0.1, 0.15) is 12.3 Å². The molecule has 0 radical (unpaired) electrons. The van der Waals surface area contributed by atoms with E-state index in [1.165, 1.54) is 48.2 Å². The number of anilines is 4. The number of ether oxygens (including phenoxy) is 1. The van der Waals surface area contributed by atoms with Gasteiger partial charge in [-0.15, -0.1) is 0 Å². The lowest BCUT2D eigenvalue weighted by Gasteiger charge is -2.26. The number of fused-ring (bicyclic) bond motifs is 1. The molecule has 13 heteroatoms. The minimum Gasteiger partial charge on any atom is -0.494 e. The van der Waals surface area contributed by atoms with E-state index in [0.29, 0.717) is 27.1 Å². The van der Waals surface area contributed by atoms with Gasteiger partial charge in [0.25, 0.3) is 5.91 Å². The van der Waals surface area contributed by atoms with Crippen LogP contribution < -0.4 is 20.3 Å². The highest BCUT2D eigenvalue weighted by atomic mass is 32.2. The topological polar surface area (TPSA) is 131 Å². The lowest BCUT2D eigenvalue weighted by molar-refractivity contribution is -0.114. The number of benzene rings is 2. The monoisotopic (exact) mass is 602 g/mol. The summed E-state index contributed by atoms with van der Waals surface area (Å²) in [6, 6.07) is 11.4. The van der Waals surface area contributed by atoms with Crippen LogP contribution in [0.5, 0.6) is 5.75 Å². The zero-order valence-corrected chi connectivity index (χ0v) is 23.8. The number of likely N-dealkylation sites (N-methyl/N-ethyl adjacent to an activating group) is 2. The zero-order chi connectivity index (χ0) is 38.1. The van der Waals surface area contributed by atoms with Gasteiger partial charge in [0, 0.05) is 74.4 Å². The summed E-state index contributed by atoms with van der Waals surface area (Å²) in [5.41, 5.74) is 1.82. The third-order valence-electron chi connectivity index (χ3n) is 6.03. The fourth-order valence-corrected chi connectivity index (χ4v) is 4.55. The molecule has 4 aromatic rings. The maximum absolute atomic E-state index is 13.0. The van der Waals surface area contributed by atoms with Gasteiger partial charge in [0.2, 0.25) is 5.95 Å². The second kappa shape index (κ2) is 12.5. The number of nitrogens with one attached hydrogen (secondary N) is 2. The Balaban J connectivity index is 1.75. The van der Waals surface area contributed by atoms with Gasteiger partial charge in [0.1, 0.15) is 5.75 Å². The van der Waals surface area contributed by atoms with E-state index in [0.717, 1.165) is 6.26 Å². The number of amides is 1. The molecular weight excluding hydrogens is 558 g/mol. The highest BCUT2D eigenvalue weighted by molar-refractivity contribution is 7.86. The first-order valence-electron chi connectivity index (χ1n) is 16.8. The molecule has 0 saturated heterocycles. The summed E-state index contributed by atoms with van der Waals surface area (Å²) in [6.45, 7) is -5.57. The van der Waals surface area contributed by atoms with Gasteiger partial charge < -0.3 is 33.9 Å². The van der Waals surface area contributed by atoms with Gasteiger partial charge in [-0.1, -0.05) is 18.2 Å². The fraction of sp³-hybridized carbons (Fsp3) is 0.276. The Bertz CT molecular complexity index is 2030. The smallest absolute Gasteiger partial charge is 0.306 e. The van der Waals surface area contributed by atoms with Gasteiger partial charge in [0.15, 0.2) is 5.76 Å². The minimum atomic E-state index is -4.10. The Morgan fingerprint density at radius 1 is 1.17 bits per heavy atom. The van der Waals surface area contributed by atoms with Crippen LogP contribution in [0.2, 0.25) is 0 Å². The molecule has 1 amide bonds. The lowest BCUT2D eigenvalue weighted by Crippen LogP contribution is -2.29. The zero-order valence-electron chi connectivity index (χ0n) is 32.0. The van der Waals surface area contributed by atoms with Crippen molar-refractivity contribution in [1.29, 1.82) is 0 Å². The van der Waals surface area contributed by atoms with E-state index in [4.69, 9.17) is 17.1 Å². The molecule has 4 rings (SSSR count). The van der Waals surface area contributed by atoms with Gasteiger partial charge in [-0.25, -0.2) is 9.97 Å². The number of para-hydroxylation sites is 1. The Labute approximate surface area is 258 Å². The average molecular weight is 603 g/mol. The Morgan fingerprint density at radius 3 is 2.67 bits per heavy atom. The molecule has 2 N–H and O–H groups in total. The normalized spacial score (nSPS) is 15.5. The van der Waals surface area contributed by atoms with Crippen molar-refractivity contribution in [3.63, 3.8) is 0 Å². The number of hydrogen-bond donors (Lipinski definition) is 2. The fourth-order valence-electron chi connectivity index (χ4n) is 4.11. The summed E-state index contributed by atoms with van der Waals surface area (Å²) < 4.78 is 105. The van der Waals surface area contributed by atoms with Crippen molar-refractivity contribution in [2.24, 2.45) is 6.98 Å². The SMILES string of the molecule is [2H]C([2H])([2H])N(CCN(C)c1cc(OC)c(Nc2nccc(-c3cn(C([2H])([2H])[2H])c4ccccc34)n2)cc1NC(=O)C(=C)OS(C)(=O)=O)C([2H])([2H])[2H]. The molecule has 0 aliphatic heterocycles. The highest BCUT2D eigenvalue weighted by Gasteiger charge is 2.20. The van der Waals surface area contributed by atoms with Crippen LogP contribution >= 0.6 is 0 Å². The van der Waals surface area contributed by atoms with E-state index in [1.807, 2.05) is 0 Å². The van der Waals surface area contributed by atoms with Crippen molar-refractivity contribution >= 4 is 49.9 Å². The summed E-state index contributed by atoms with van der Waals surface area (Å²) in [5, 5.41) is 6.17. The predicted molar refractivity (Wildman–Crippen MR) is 166 cm³/mol. The van der Waals surface area contributed by atoms with Crippen molar-refractivity contribution in [2.75, 3.05) is 63.0 Å². The highest BCUT2D eigenvalue weighted by Crippen LogP contribution is 2.38. The quantitative estimate of drug-likeness (QED) is 0.140. The lowest BCUT2D eigenvalue weighted by atomic mass is 10.1. The second-order valence-corrected chi connectivity index (χ2v) is 10.7. The van der Waals surface area contributed by atoms with Crippen LogP contribution in [0.25, 0.3) is 22.2 Å². The van der Waals surface area contributed by atoms with Crippen molar-refractivity contribution in [2.45, 2.75) is 0 Å². The van der Waals surface area contributed by atoms with Crippen molar-refractivity contribution in [3.05, 3.63) is 67.2 Å². The molecule has 42 heavy (non-hydrogen) atoms. The maximum atomic E-state index is 13.0. The largest absolute Gasteiger partial charge is 0.494 e. The Kier molecular flexibility index (Phi) is 6.03. The number of aryl methyl sites for hydroxylation is 1. The third kappa shape index (κ3) is 7.17. The number of nitrogens with zero attached hydrogens (tertiary/aromatic N) is 5. The van der Waals surface area contributed by atoms with E-state index in [1.54, 1.807) is 30.3 Å². The molecule has 0 unspecified atom stereocenters. The summed E-state index contributed by atoms with van der Waals surface area (Å²) in [7, 11) is -1.23. The van der Waals surface area contributed by atoms with E-state index < -0.39 is 49.3 Å². The maximum Gasteiger partial charge on any atom is 0.306 e. The molecule has 2 aromatic heterocycles. The molecule has 0 atom stereocenters. The number of hydrogen-bond acceptors (Lipinski definition) is 10. The minimum absolute atomic E-state index is 0.0234. The van der Waals surface area contributed by atoms with Crippen LogP contribution in [-0.2, 0) is 26.1 Å². The molecular formula is C29H35N7O5S. The first-order valence-corrected chi connectivity index (χ1v) is 14.1. The van der Waals surface area contributed by atoms with Crippen molar-refractivity contribution < 1.29 is 34.5 Å². The molecule has 222 valence electrons. The van der Waals surface area contributed by atoms with Gasteiger partial charge in [0.05, 0.1) is 36.1 Å². The number of methoxy groups -OCH3 is 1. The Hall–Kier alpha value is -4.62. The van der Waals surface area contributed by atoms with Crippen LogP contribution in [0.15, 0.2) is 67.2 Å². The molecule has 2 aromatic carbocycles. The molecule has 12 nitrogen and oxygen atoms in total. The number of rotatable bonds is 12. The standard InChI is InChI=1S/C29H35N7O5S/c1-19(41-42(7,38)39)28(37)31-23-16-24(27(40-6)17-26(23)35(4)15-14-34(2)3)33-29-30-13-12-22(32-29)21-18-36(5)25-11-9-8-10-20(21)25/h8-13,16-18H,1,14-15H2,2-7H3,(H,31,37)(H,30,32,33)/i2D3,3D3,5D3. The number of aromatic nitrogens is 3. The van der Waals surface area contributed by atoms with Crippen molar-refractivity contribution in [3.8, 4) is 17.0 Å². The first kappa shape index (κ1) is 20.3. The summed E-state index contributed by atoms with van der Waals surface area (Å²) >= 11 is 0. The molecule has 0 saturated carbocycles. The third-order valence-corrected chi connectivity index (χ3v) is 6.54. The Morgan fingerprint density at radius 2 is 1.95 bits per heavy atom. The summed E-state index contributed by atoms with van der Waals surface area (Å²) in [6.07, 6.45) is 3.67. The van der Waals surface area contributed by atoms with Crippen LogP contribution in [0, 0.1) is 0 Å². The van der Waals surface area contributed by atoms with E-state index in [9.17, 15) is 13.2 Å². The van der Waals surface area contributed by atoms with E-state index in [2.05, 4.69) is 31.4 Å². The first-order chi connectivity index (χ1) is 23.5. The number of carbonyl (C=O) groups excluding carboxylic acids is 1.